The number of hydrogen-bond acceptors (Lipinski definition) is 4. The summed E-state index contributed by atoms with van der Waals surface area (Å²) in [5, 5.41) is 3.06. The Kier molecular flexibility index (Phi) is 6.23. The van der Waals surface area contributed by atoms with Crippen LogP contribution in [0, 0.1) is 5.92 Å². The van der Waals surface area contributed by atoms with Crippen molar-refractivity contribution < 1.29 is 13.2 Å². The second kappa shape index (κ2) is 8.29. The number of carbonyl (C=O) groups is 1. The number of nitrogens with zero attached hydrogens (tertiary/aromatic N) is 2. The van der Waals surface area contributed by atoms with Crippen molar-refractivity contribution in [3.63, 3.8) is 0 Å². The summed E-state index contributed by atoms with van der Waals surface area (Å²) in [6.07, 6.45) is 2.41. The normalized spacial score (nSPS) is 20.6. The predicted octanol–water partition coefficient (Wildman–Crippen LogP) is 2.03. The maximum atomic E-state index is 12.9. The zero-order valence-corrected chi connectivity index (χ0v) is 17.3. The highest BCUT2D eigenvalue weighted by Gasteiger charge is 2.31. The topological polar surface area (TPSA) is 69.7 Å². The van der Waals surface area contributed by atoms with Crippen molar-refractivity contribution in [3.8, 4) is 0 Å². The van der Waals surface area contributed by atoms with Gasteiger partial charge in [-0.1, -0.05) is 26.0 Å². The van der Waals surface area contributed by atoms with Gasteiger partial charge in [-0.15, -0.1) is 0 Å². The minimum atomic E-state index is -3.47. The molecule has 0 unspecified atom stereocenters. The molecule has 3 rings (SSSR count). The quantitative estimate of drug-likeness (QED) is 0.770. The molecule has 0 spiro atoms. The lowest BCUT2D eigenvalue weighted by Crippen LogP contribution is -2.51. The second-order valence-corrected chi connectivity index (χ2v) is 10.0. The zero-order chi connectivity index (χ0) is 19.6. The Morgan fingerprint density at radius 2 is 1.67 bits per heavy atom. The summed E-state index contributed by atoms with van der Waals surface area (Å²) in [5.74, 6) is 1.05. The molecular formula is C20H31N3O3S. The minimum absolute atomic E-state index is 0.0370. The molecule has 0 aromatic heterocycles. The highest BCUT2D eigenvalue weighted by molar-refractivity contribution is 7.89. The molecule has 1 aliphatic heterocycles. The molecule has 1 aromatic carbocycles. The van der Waals surface area contributed by atoms with Crippen molar-refractivity contribution in [1.82, 2.24) is 14.5 Å². The van der Waals surface area contributed by atoms with E-state index < -0.39 is 10.0 Å². The molecule has 27 heavy (non-hydrogen) atoms. The van der Waals surface area contributed by atoms with E-state index in [0.29, 0.717) is 49.5 Å². The van der Waals surface area contributed by atoms with Gasteiger partial charge in [-0.3, -0.25) is 9.69 Å². The molecule has 1 saturated heterocycles. The second-order valence-electron chi connectivity index (χ2n) is 8.10. The summed E-state index contributed by atoms with van der Waals surface area (Å²) in [6.45, 7) is 8.57. The van der Waals surface area contributed by atoms with Crippen LogP contribution in [0.1, 0.15) is 45.1 Å². The average molecular weight is 394 g/mol. The number of benzene rings is 1. The number of amides is 1. The molecule has 2 fully saturated rings. The summed E-state index contributed by atoms with van der Waals surface area (Å²) in [6, 6.07) is 7.42. The first kappa shape index (κ1) is 20.3. The highest BCUT2D eigenvalue weighted by Crippen LogP contribution is 2.32. The van der Waals surface area contributed by atoms with Crippen molar-refractivity contribution >= 4 is 15.9 Å². The maximum Gasteiger partial charge on any atom is 0.243 e. The van der Waals surface area contributed by atoms with Crippen LogP contribution in [-0.2, 0) is 14.8 Å². The van der Waals surface area contributed by atoms with Gasteiger partial charge in [0.05, 0.1) is 11.4 Å². The first-order valence-corrected chi connectivity index (χ1v) is 11.3. The Bertz CT molecular complexity index is 749. The Morgan fingerprint density at radius 1 is 1.07 bits per heavy atom. The van der Waals surface area contributed by atoms with Gasteiger partial charge in [0.15, 0.2) is 0 Å². The van der Waals surface area contributed by atoms with Gasteiger partial charge in [-0.05, 0) is 49.3 Å². The highest BCUT2D eigenvalue weighted by atomic mass is 32.2. The fourth-order valence-electron chi connectivity index (χ4n) is 3.52. The van der Waals surface area contributed by atoms with Crippen LogP contribution >= 0.6 is 0 Å². The first-order chi connectivity index (χ1) is 12.8. The lowest BCUT2D eigenvalue weighted by molar-refractivity contribution is -0.123. The van der Waals surface area contributed by atoms with Crippen molar-refractivity contribution in [3.05, 3.63) is 29.8 Å². The van der Waals surface area contributed by atoms with E-state index in [1.807, 2.05) is 17.0 Å². The molecular weight excluding hydrogens is 362 g/mol. The van der Waals surface area contributed by atoms with Crippen LogP contribution in [0.4, 0.5) is 0 Å². The van der Waals surface area contributed by atoms with Crippen LogP contribution < -0.4 is 5.32 Å². The van der Waals surface area contributed by atoms with Gasteiger partial charge in [0, 0.05) is 32.2 Å². The number of rotatable bonds is 7. The van der Waals surface area contributed by atoms with Crippen LogP contribution in [0.5, 0.6) is 0 Å². The molecule has 1 atom stereocenters. The lowest BCUT2D eigenvalue weighted by atomic mass is 10.0. The Hall–Kier alpha value is -1.44. The Balaban J connectivity index is 1.52. The fourth-order valence-corrected chi connectivity index (χ4v) is 4.94. The van der Waals surface area contributed by atoms with Gasteiger partial charge >= 0.3 is 0 Å². The minimum Gasteiger partial charge on any atom is -0.352 e. The van der Waals surface area contributed by atoms with E-state index in [9.17, 15) is 13.2 Å². The third-order valence-electron chi connectivity index (χ3n) is 5.60. The average Bonchev–Trinajstić information content (AvgIpc) is 3.47. The van der Waals surface area contributed by atoms with Crippen molar-refractivity contribution in [2.75, 3.05) is 32.7 Å². The third kappa shape index (κ3) is 5.09. The molecule has 0 radical (unpaired) electrons. The van der Waals surface area contributed by atoms with Crippen LogP contribution in [-0.4, -0.2) is 62.3 Å². The summed E-state index contributed by atoms with van der Waals surface area (Å²) in [4.78, 5) is 14.5. The standard InChI is InChI=1S/C20H31N3O3S/c1-15(2)17-6-8-19(9-7-17)27(25,26)23-12-10-22(11-13-23)14-20(24)21-16(3)18-4-5-18/h6-9,15-16,18H,4-5,10-14H2,1-3H3,(H,21,24)/t16-/m0/s1. The zero-order valence-electron chi connectivity index (χ0n) is 16.5. The smallest absolute Gasteiger partial charge is 0.243 e. The van der Waals surface area contributed by atoms with Crippen LogP contribution in [0.3, 0.4) is 0 Å². The van der Waals surface area contributed by atoms with Crippen molar-refractivity contribution in [2.45, 2.75) is 50.5 Å². The number of hydrogen-bond donors (Lipinski definition) is 1. The summed E-state index contributed by atoms with van der Waals surface area (Å²) >= 11 is 0. The van der Waals surface area contributed by atoms with Crippen molar-refractivity contribution in [2.24, 2.45) is 5.92 Å². The molecule has 1 heterocycles. The Labute approximate surface area is 163 Å². The van der Waals surface area contributed by atoms with Gasteiger partial charge < -0.3 is 5.32 Å². The largest absolute Gasteiger partial charge is 0.352 e. The van der Waals surface area contributed by atoms with E-state index in [4.69, 9.17) is 0 Å². The van der Waals surface area contributed by atoms with E-state index in [2.05, 4.69) is 26.1 Å². The van der Waals surface area contributed by atoms with E-state index in [1.165, 1.54) is 17.1 Å². The number of nitrogens with one attached hydrogen (secondary N) is 1. The van der Waals surface area contributed by atoms with Crippen LogP contribution in [0.2, 0.25) is 0 Å². The molecule has 2 aliphatic rings. The van der Waals surface area contributed by atoms with Gasteiger partial charge in [-0.25, -0.2) is 8.42 Å². The van der Waals surface area contributed by atoms with E-state index >= 15 is 0 Å². The van der Waals surface area contributed by atoms with Crippen LogP contribution in [0.15, 0.2) is 29.2 Å². The van der Waals surface area contributed by atoms with Gasteiger partial charge in [0.2, 0.25) is 15.9 Å². The third-order valence-corrected chi connectivity index (χ3v) is 7.51. The molecule has 1 N–H and O–H groups in total. The SMILES string of the molecule is CC(C)c1ccc(S(=O)(=O)N2CCN(CC(=O)N[C@@H](C)C3CC3)CC2)cc1. The number of piperazine rings is 1. The van der Waals surface area contributed by atoms with Gasteiger partial charge in [0.1, 0.15) is 0 Å². The molecule has 1 aliphatic carbocycles. The molecule has 6 nitrogen and oxygen atoms in total. The fraction of sp³-hybridized carbons (Fsp3) is 0.650. The summed E-state index contributed by atoms with van der Waals surface area (Å²) < 4.78 is 27.2. The lowest BCUT2D eigenvalue weighted by Gasteiger charge is -2.33. The molecule has 150 valence electrons. The van der Waals surface area contributed by atoms with Gasteiger partial charge in [0.25, 0.3) is 0 Å². The Morgan fingerprint density at radius 3 is 2.19 bits per heavy atom. The maximum absolute atomic E-state index is 12.9. The van der Waals surface area contributed by atoms with Crippen molar-refractivity contribution in [1.29, 1.82) is 0 Å². The van der Waals surface area contributed by atoms with Gasteiger partial charge in [-0.2, -0.15) is 4.31 Å². The first-order valence-electron chi connectivity index (χ1n) is 9.89. The predicted molar refractivity (Wildman–Crippen MR) is 106 cm³/mol. The number of carbonyl (C=O) groups excluding carboxylic acids is 1. The monoisotopic (exact) mass is 393 g/mol. The summed E-state index contributed by atoms with van der Waals surface area (Å²) in [5.41, 5.74) is 1.13. The summed E-state index contributed by atoms with van der Waals surface area (Å²) in [7, 11) is -3.47. The molecule has 0 bridgehead atoms. The molecule has 1 amide bonds. The van der Waals surface area contributed by atoms with E-state index in [0.717, 1.165) is 5.56 Å². The number of sulfonamides is 1. The van der Waals surface area contributed by atoms with E-state index in [1.54, 1.807) is 12.1 Å². The van der Waals surface area contributed by atoms with E-state index in [-0.39, 0.29) is 11.9 Å². The molecule has 1 aromatic rings. The molecule has 7 heteroatoms. The van der Waals surface area contributed by atoms with Crippen LogP contribution in [0.25, 0.3) is 0 Å². The molecule has 1 saturated carbocycles.